The number of rotatable bonds is 6. The monoisotopic (exact) mass is 253 g/mol. The Morgan fingerprint density at radius 3 is 2.59 bits per heavy atom. The first-order chi connectivity index (χ1) is 8.21. The molecule has 0 heterocycles. The molecule has 92 valence electrons. The van der Waals surface area contributed by atoms with E-state index in [4.69, 9.17) is 16.3 Å². The van der Waals surface area contributed by atoms with Gasteiger partial charge in [-0.3, -0.25) is 4.79 Å². The summed E-state index contributed by atoms with van der Waals surface area (Å²) >= 11 is 5.55. The van der Waals surface area contributed by atoms with Crippen LogP contribution in [0.1, 0.15) is 5.56 Å². The fourth-order valence-electron chi connectivity index (χ4n) is 1.45. The second kappa shape index (κ2) is 6.97. The fraction of sp³-hybridized carbons (Fsp3) is 0.308. The predicted octanol–water partition coefficient (Wildman–Crippen LogP) is 2.45. The maximum atomic E-state index is 11.6. The first-order valence-corrected chi connectivity index (χ1v) is 5.82. The van der Waals surface area contributed by atoms with Gasteiger partial charge >= 0.3 is 0 Å². The summed E-state index contributed by atoms with van der Waals surface area (Å²) in [4.78, 5) is 13.2. The molecule has 0 radical (unpaired) electrons. The minimum absolute atomic E-state index is 0.00993. The van der Waals surface area contributed by atoms with Crippen LogP contribution in [-0.4, -0.2) is 30.3 Å². The standard InChI is InChI=1S/C13H16ClNO2/c1-3-8-15(13(16)9-14)10-11-4-6-12(17-2)7-5-11/h3-7H,1,8-10H2,2H3. The average molecular weight is 254 g/mol. The summed E-state index contributed by atoms with van der Waals surface area (Å²) in [6.07, 6.45) is 1.69. The summed E-state index contributed by atoms with van der Waals surface area (Å²) < 4.78 is 5.07. The molecular formula is C13H16ClNO2. The number of benzene rings is 1. The van der Waals surface area contributed by atoms with Gasteiger partial charge in [0.1, 0.15) is 11.6 Å². The van der Waals surface area contributed by atoms with E-state index in [2.05, 4.69) is 6.58 Å². The van der Waals surface area contributed by atoms with Crippen molar-refractivity contribution in [2.24, 2.45) is 0 Å². The first kappa shape index (κ1) is 13.6. The lowest BCUT2D eigenvalue weighted by Crippen LogP contribution is -2.31. The van der Waals surface area contributed by atoms with Crippen molar-refractivity contribution in [2.45, 2.75) is 6.54 Å². The second-order valence-corrected chi connectivity index (χ2v) is 3.81. The van der Waals surface area contributed by atoms with Crippen LogP contribution in [0.3, 0.4) is 0 Å². The number of ether oxygens (including phenoxy) is 1. The van der Waals surface area contributed by atoms with Crippen molar-refractivity contribution >= 4 is 17.5 Å². The number of hydrogen-bond acceptors (Lipinski definition) is 2. The number of hydrogen-bond donors (Lipinski definition) is 0. The largest absolute Gasteiger partial charge is 0.497 e. The zero-order valence-electron chi connectivity index (χ0n) is 9.86. The van der Waals surface area contributed by atoms with Crippen molar-refractivity contribution in [2.75, 3.05) is 19.5 Å². The van der Waals surface area contributed by atoms with E-state index in [1.165, 1.54) is 0 Å². The number of carbonyl (C=O) groups is 1. The van der Waals surface area contributed by atoms with E-state index in [-0.39, 0.29) is 11.8 Å². The van der Waals surface area contributed by atoms with Gasteiger partial charge in [-0.25, -0.2) is 0 Å². The number of methoxy groups -OCH3 is 1. The number of halogens is 1. The Morgan fingerprint density at radius 2 is 2.12 bits per heavy atom. The average Bonchev–Trinajstić information content (AvgIpc) is 2.38. The highest BCUT2D eigenvalue weighted by Gasteiger charge is 2.10. The van der Waals surface area contributed by atoms with Gasteiger partial charge in [0.2, 0.25) is 5.91 Å². The van der Waals surface area contributed by atoms with Gasteiger partial charge in [-0.1, -0.05) is 18.2 Å². The number of amides is 1. The molecule has 0 saturated heterocycles. The molecule has 0 saturated carbocycles. The minimum Gasteiger partial charge on any atom is -0.497 e. The lowest BCUT2D eigenvalue weighted by Gasteiger charge is -2.20. The molecule has 0 aliphatic carbocycles. The van der Waals surface area contributed by atoms with Crippen molar-refractivity contribution < 1.29 is 9.53 Å². The van der Waals surface area contributed by atoms with Gasteiger partial charge in [0, 0.05) is 13.1 Å². The Morgan fingerprint density at radius 1 is 1.47 bits per heavy atom. The van der Waals surface area contributed by atoms with Crippen LogP contribution >= 0.6 is 11.6 Å². The summed E-state index contributed by atoms with van der Waals surface area (Å²) in [5.41, 5.74) is 1.03. The molecule has 1 rings (SSSR count). The van der Waals surface area contributed by atoms with Crippen LogP contribution in [0, 0.1) is 0 Å². The van der Waals surface area contributed by atoms with Crippen LogP contribution in [0.4, 0.5) is 0 Å². The molecule has 0 aromatic heterocycles. The summed E-state index contributed by atoms with van der Waals surface area (Å²) in [6, 6.07) is 7.59. The van der Waals surface area contributed by atoms with Gasteiger partial charge in [-0.15, -0.1) is 18.2 Å². The number of nitrogens with zero attached hydrogens (tertiary/aromatic N) is 1. The van der Waals surface area contributed by atoms with Gasteiger partial charge in [0.15, 0.2) is 0 Å². The lowest BCUT2D eigenvalue weighted by atomic mass is 10.2. The molecule has 0 aliphatic rings. The van der Waals surface area contributed by atoms with Crippen LogP contribution in [0.15, 0.2) is 36.9 Å². The SMILES string of the molecule is C=CCN(Cc1ccc(OC)cc1)C(=O)CCl. The van der Waals surface area contributed by atoms with Crippen molar-refractivity contribution in [1.82, 2.24) is 4.90 Å². The second-order valence-electron chi connectivity index (χ2n) is 3.54. The zero-order valence-corrected chi connectivity index (χ0v) is 10.6. The van der Waals surface area contributed by atoms with E-state index in [0.29, 0.717) is 13.1 Å². The topological polar surface area (TPSA) is 29.5 Å². The first-order valence-electron chi connectivity index (χ1n) is 5.28. The molecule has 0 fully saturated rings. The van der Waals surface area contributed by atoms with Crippen LogP contribution in [-0.2, 0) is 11.3 Å². The maximum Gasteiger partial charge on any atom is 0.238 e. The molecule has 0 bridgehead atoms. The number of alkyl halides is 1. The van der Waals surface area contributed by atoms with Crippen LogP contribution < -0.4 is 4.74 Å². The molecule has 3 nitrogen and oxygen atoms in total. The fourth-order valence-corrected chi connectivity index (χ4v) is 1.62. The molecule has 0 aliphatic heterocycles. The summed E-state index contributed by atoms with van der Waals surface area (Å²) in [6.45, 7) is 4.66. The van der Waals surface area contributed by atoms with E-state index in [9.17, 15) is 4.79 Å². The highest BCUT2D eigenvalue weighted by molar-refractivity contribution is 6.27. The third-order valence-electron chi connectivity index (χ3n) is 2.35. The molecule has 0 spiro atoms. The van der Waals surface area contributed by atoms with Crippen LogP contribution in [0.2, 0.25) is 0 Å². The van der Waals surface area contributed by atoms with E-state index in [0.717, 1.165) is 11.3 Å². The highest BCUT2D eigenvalue weighted by Crippen LogP contribution is 2.13. The van der Waals surface area contributed by atoms with Gasteiger partial charge < -0.3 is 9.64 Å². The molecule has 0 unspecified atom stereocenters. The van der Waals surface area contributed by atoms with E-state index in [1.807, 2.05) is 24.3 Å². The Labute approximate surface area is 107 Å². The maximum absolute atomic E-state index is 11.6. The predicted molar refractivity (Wildman–Crippen MR) is 69.3 cm³/mol. The third kappa shape index (κ3) is 4.11. The summed E-state index contributed by atoms with van der Waals surface area (Å²) in [7, 11) is 1.62. The van der Waals surface area contributed by atoms with Crippen molar-refractivity contribution in [1.29, 1.82) is 0 Å². The molecule has 1 amide bonds. The Kier molecular flexibility index (Phi) is 5.57. The highest BCUT2D eigenvalue weighted by atomic mass is 35.5. The quantitative estimate of drug-likeness (QED) is 0.576. The molecule has 1 aromatic rings. The molecule has 0 atom stereocenters. The molecule has 4 heteroatoms. The summed E-state index contributed by atoms with van der Waals surface area (Å²) in [5.74, 6) is 0.694. The third-order valence-corrected chi connectivity index (χ3v) is 2.58. The summed E-state index contributed by atoms with van der Waals surface area (Å²) in [5, 5.41) is 0. The van der Waals surface area contributed by atoms with Gasteiger partial charge in [-0.05, 0) is 17.7 Å². The Balaban J connectivity index is 2.71. The van der Waals surface area contributed by atoms with Gasteiger partial charge in [0.25, 0.3) is 0 Å². The molecular weight excluding hydrogens is 238 g/mol. The Hall–Kier alpha value is -1.48. The van der Waals surface area contributed by atoms with Gasteiger partial charge in [0.05, 0.1) is 7.11 Å². The smallest absolute Gasteiger partial charge is 0.238 e. The number of carbonyl (C=O) groups excluding carboxylic acids is 1. The van der Waals surface area contributed by atoms with E-state index in [1.54, 1.807) is 18.1 Å². The van der Waals surface area contributed by atoms with E-state index < -0.39 is 0 Å². The normalized spacial score (nSPS) is 9.76. The van der Waals surface area contributed by atoms with Crippen LogP contribution in [0.5, 0.6) is 5.75 Å². The van der Waals surface area contributed by atoms with Crippen molar-refractivity contribution in [3.63, 3.8) is 0 Å². The lowest BCUT2D eigenvalue weighted by molar-refractivity contribution is -0.128. The van der Waals surface area contributed by atoms with Crippen molar-refractivity contribution in [3.8, 4) is 5.75 Å². The molecule has 0 N–H and O–H groups in total. The van der Waals surface area contributed by atoms with Gasteiger partial charge in [-0.2, -0.15) is 0 Å². The minimum atomic E-state index is -0.0950. The van der Waals surface area contributed by atoms with Crippen LogP contribution in [0.25, 0.3) is 0 Å². The van der Waals surface area contributed by atoms with E-state index >= 15 is 0 Å². The Bertz CT molecular complexity index is 376. The van der Waals surface area contributed by atoms with Crippen molar-refractivity contribution in [3.05, 3.63) is 42.5 Å². The molecule has 1 aromatic carbocycles. The molecule has 17 heavy (non-hydrogen) atoms. The zero-order chi connectivity index (χ0) is 12.7.